The van der Waals surface area contributed by atoms with Crippen molar-refractivity contribution in [2.45, 2.75) is 19.4 Å². The van der Waals surface area contributed by atoms with Crippen molar-refractivity contribution in [2.24, 2.45) is 5.73 Å². The Morgan fingerprint density at radius 2 is 2.10 bits per heavy atom. The van der Waals surface area contributed by atoms with Gasteiger partial charge in [0, 0.05) is 18.1 Å². The molecule has 0 aliphatic carbocycles. The molecule has 1 atom stereocenters. The van der Waals surface area contributed by atoms with Crippen molar-refractivity contribution >= 4 is 22.9 Å². The van der Waals surface area contributed by atoms with E-state index in [1.54, 1.807) is 36.2 Å². The van der Waals surface area contributed by atoms with E-state index in [1.807, 2.05) is 12.3 Å². The van der Waals surface area contributed by atoms with Gasteiger partial charge in [0.05, 0.1) is 18.2 Å². The van der Waals surface area contributed by atoms with Crippen LogP contribution < -0.4 is 10.6 Å². The molecule has 20 heavy (non-hydrogen) atoms. The van der Waals surface area contributed by atoms with E-state index in [-0.39, 0.29) is 24.1 Å². The minimum absolute atomic E-state index is 0.0581. The first-order chi connectivity index (χ1) is 9.47. The van der Waals surface area contributed by atoms with Crippen LogP contribution in [0.4, 0.5) is 5.69 Å². The van der Waals surface area contributed by atoms with Crippen molar-refractivity contribution in [2.75, 3.05) is 11.9 Å². The molecule has 1 heterocycles. The fourth-order valence-corrected chi connectivity index (χ4v) is 2.48. The summed E-state index contributed by atoms with van der Waals surface area (Å²) in [7, 11) is 1.70. The van der Waals surface area contributed by atoms with E-state index in [0.29, 0.717) is 0 Å². The number of aromatic hydroxyl groups is 1. The average Bonchev–Trinajstić information content (AvgIpc) is 2.87. The van der Waals surface area contributed by atoms with Crippen LogP contribution in [0.1, 0.15) is 23.7 Å². The fraction of sp³-hybridized carbons (Fsp3) is 0.286. The topological polar surface area (TPSA) is 79.5 Å². The van der Waals surface area contributed by atoms with E-state index in [0.717, 1.165) is 16.4 Å². The quantitative estimate of drug-likeness (QED) is 0.904. The zero-order chi connectivity index (χ0) is 14.7. The second-order valence-corrected chi connectivity index (χ2v) is 5.50. The summed E-state index contributed by atoms with van der Waals surface area (Å²) >= 11 is 1.47. The molecule has 6 heteroatoms. The van der Waals surface area contributed by atoms with Gasteiger partial charge in [-0.25, -0.2) is 4.98 Å². The van der Waals surface area contributed by atoms with Gasteiger partial charge in [-0.3, -0.25) is 4.79 Å². The van der Waals surface area contributed by atoms with E-state index < -0.39 is 0 Å². The van der Waals surface area contributed by atoms with Gasteiger partial charge in [-0.15, -0.1) is 11.3 Å². The lowest BCUT2D eigenvalue weighted by molar-refractivity contribution is -0.117. The molecule has 1 amide bonds. The molecule has 106 valence electrons. The molecule has 0 fully saturated rings. The van der Waals surface area contributed by atoms with Crippen LogP contribution in [-0.4, -0.2) is 23.0 Å². The zero-order valence-electron chi connectivity index (χ0n) is 11.4. The third-order valence-electron chi connectivity index (χ3n) is 2.90. The van der Waals surface area contributed by atoms with Gasteiger partial charge in [-0.2, -0.15) is 0 Å². The molecule has 0 aliphatic heterocycles. The van der Waals surface area contributed by atoms with E-state index in [4.69, 9.17) is 5.73 Å². The van der Waals surface area contributed by atoms with Gasteiger partial charge in [0.2, 0.25) is 5.91 Å². The predicted molar refractivity (Wildman–Crippen MR) is 79.9 cm³/mol. The zero-order valence-corrected chi connectivity index (χ0v) is 12.2. The molecule has 1 aromatic carbocycles. The van der Waals surface area contributed by atoms with E-state index in [1.165, 1.54) is 11.3 Å². The highest BCUT2D eigenvalue weighted by molar-refractivity contribution is 7.09. The average molecular weight is 291 g/mol. The number of carbonyl (C=O) groups excluding carboxylic acids is 1. The highest BCUT2D eigenvalue weighted by Gasteiger charge is 2.14. The van der Waals surface area contributed by atoms with Crippen molar-refractivity contribution in [3.8, 4) is 5.75 Å². The Morgan fingerprint density at radius 3 is 2.65 bits per heavy atom. The normalized spacial score (nSPS) is 12.2. The maximum absolute atomic E-state index is 12.2. The smallest absolute Gasteiger partial charge is 0.232 e. The number of nitrogens with zero attached hydrogens (tertiary/aromatic N) is 2. The van der Waals surface area contributed by atoms with Crippen LogP contribution in [0.15, 0.2) is 29.6 Å². The molecule has 2 aromatic rings. The molecule has 0 saturated heterocycles. The van der Waals surface area contributed by atoms with Gasteiger partial charge >= 0.3 is 0 Å². The van der Waals surface area contributed by atoms with Gasteiger partial charge in [0.1, 0.15) is 10.8 Å². The number of phenolic OH excluding ortho intramolecular Hbond substituents is 1. The minimum Gasteiger partial charge on any atom is -0.508 e. The highest BCUT2D eigenvalue weighted by Crippen LogP contribution is 2.20. The molecule has 1 aromatic heterocycles. The Labute approximate surface area is 121 Å². The Hall–Kier alpha value is -1.92. The summed E-state index contributed by atoms with van der Waals surface area (Å²) in [6, 6.07) is 6.38. The van der Waals surface area contributed by atoms with Gasteiger partial charge in [0.15, 0.2) is 0 Å². The SMILES string of the molecule is CC(N)c1nc(CC(=O)N(C)c2ccc(O)cc2)cs1. The summed E-state index contributed by atoms with van der Waals surface area (Å²) in [5.74, 6) is 0.118. The molecule has 0 spiro atoms. The molecule has 3 N–H and O–H groups in total. The van der Waals surface area contributed by atoms with E-state index in [9.17, 15) is 9.90 Å². The number of rotatable bonds is 4. The van der Waals surface area contributed by atoms with E-state index in [2.05, 4.69) is 4.98 Å². The Kier molecular flexibility index (Phi) is 4.36. The maximum atomic E-state index is 12.2. The third kappa shape index (κ3) is 3.34. The summed E-state index contributed by atoms with van der Waals surface area (Å²) < 4.78 is 0. The van der Waals surface area contributed by atoms with Crippen molar-refractivity contribution in [1.82, 2.24) is 4.98 Å². The summed E-state index contributed by atoms with van der Waals surface area (Å²) in [4.78, 5) is 18.1. The van der Waals surface area contributed by atoms with Crippen molar-refractivity contribution < 1.29 is 9.90 Å². The predicted octanol–water partition coefficient (Wildman–Crippen LogP) is 2.07. The lowest BCUT2D eigenvalue weighted by Gasteiger charge is -2.16. The number of hydrogen-bond acceptors (Lipinski definition) is 5. The number of likely N-dealkylation sites (N-methyl/N-ethyl adjacent to an activating group) is 1. The number of amides is 1. The molecular formula is C14H17N3O2S. The molecule has 5 nitrogen and oxygen atoms in total. The Morgan fingerprint density at radius 1 is 1.45 bits per heavy atom. The highest BCUT2D eigenvalue weighted by atomic mass is 32.1. The Bertz CT molecular complexity index is 593. The second-order valence-electron chi connectivity index (χ2n) is 4.61. The number of nitrogens with two attached hydrogens (primary N) is 1. The van der Waals surface area contributed by atoms with Crippen molar-refractivity contribution in [1.29, 1.82) is 0 Å². The van der Waals surface area contributed by atoms with Crippen LogP contribution in [0.3, 0.4) is 0 Å². The number of hydrogen-bond donors (Lipinski definition) is 2. The maximum Gasteiger partial charge on any atom is 0.232 e. The monoisotopic (exact) mass is 291 g/mol. The van der Waals surface area contributed by atoms with Crippen LogP contribution in [0, 0.1) is 0 Å². The second kappa shape index (κ2) is 6.02. The Balaban J connectivity index is 2.05. The van der Waals surface area contributed by atoms with Crippen LogP contribution >= 0.6 is 11.3 Å². The summed E-state index contributed by atoms with van der Waals surface area (Å²) in [5.41, 5.74) is 7.22. The van der Waals surface area contributed by atoms with Gasteiger partial charge < -0.3 is 15.7 Å². The molecule has 0 bridgehead atoms. The minimum atomic E-state index is -0.112. The van der Waals surface area contributed by atoms with Crippen molar-refractivity contribution in [3.05, 3.63) is 40.3 Å². The standard InChI is InChI=1S/C14H17N3O2S/c1-9(15)14-16-10(8-20-14)7-13(19)17(2)11-3-5-12(18)6-4-11/h3-6,8-9,18H,7,15H2,1-2H3. The fourth-order valence-electron chi connectivity index (χ4n) is 1.71. The number of anilines is 1. The first-order valence-corrected chi connectivity index (χ1v) is 7.11. The lowest BCUT2D eigenvalue weighted by atomic mass is 10.2. The number of aromatic nitrogens is 1. The van der Waals surface area contributed by atoms with Gasteiger partial charge in [-0.05, 0) is 31.2 Å². The number of phenols is 1. The number of carbonyl (C=O) groups is 1. The summed E-state index contributed by atoms with van der Waals surface area (Å²) in [5, 5.41) is 11.9. The lowest BCUT2D eigenvalue weighted by Crippen LogP contribution is -2.27. The molecule has 0 saturated carbocycles. The molecule has 0 radical (unpaired) electrons. The van der Waals surface area contributed by atoms with Crippen LogP contribution in [0.25, 0.3) is 0 Å². The molecule has 2 rings (SSSR count). The third-order valence-corrected chi connectivity index (χ3v) is 4.00. The number of thiazole rings is 1. The number of benzene rings is 1. The molecule has 0 aliphatic rings. The first kappa shape index (κ1) is 14.5. The molecular weight excluding hydrogens is 274 g/mol. The van der Waals surface area contributed by atoms with Crippen LogP contribution in [0.5, 0.6) is 5.75 Å². The summed E-state index contributed by atoms with van der Waals surface area (Å²) in [6.45, 7) is 1.87. The van der Waals surface area contributed by atoms with Gasteiger partial charge in [-0.1, -0.05) is 0 Å². The van der Waals surface area contributed by atoms with Crippen LogP contribution in [-0.2, 0) is 11.2 Å². The van der Waals surface area contributed by atoms with Crippen LogP contribution in [0.2, 0.25) is 0 Å². The summed E-state index contributed by atoms with van der Waals surface area (Å²) in [6.07, 6.45) is 0.237. The van der Waals surface area contributed by atoms with Gasteiger partial charge in [0.25, 0.3) is 0 Å². The molecule has 1 unspecified atom stereocenters. The first-order valence-electron chi connectivity index (χ1n) is 6.23. The van der Waals surface area contributed by atoms with E-state index >= 15 is 0 Å². The van der Waals surface area contributed by atoms with Crippen molar-refractivity contribution in [3.63, 3.8) is 0 Å². The largest absolute Gasteiger partial charge is 0.508 e.